The number of fused-ring (bicyclic) bond motifs is 4. The normalized spacial score (nSPS) is 44.0. The molecule has 0 aromatic heterocycles. The van der Waals surface area contributed by atoms with Crippen molar-refractivity contribution in [2.24, 2.45) is 46.3 Å². The Morgan fingerprint density at radius 3 is 2.52 bits per heavy atom. The number of rotatable bonds is 4. The van der Waals surface area contributed by atoms with Gasteiger partial charge in [-0.2, -0.15) is 0 Å². The maximum Gasteiger partial charge on any atom is 0.0546 e. The van der Waals surface area contributed by atoms with Crippen molar-refractivity contribution in [3.05, 3.63) is 35.5 Å². The van der Waals surface area contributed by atoms with Crippen LogP contribution in [0.4, 0.5) is 0 Å². The van der Waals surface area contributed by atoms with E-state index in [9.17, 15) is 5.11 Å². The average Bonchev–Trinajstić information content (AvgIpc) is 3.03. The molecule has 2 fully saturated rings. The Kier molecular flexibility index (Phi) is 5.69. The Hall–Kier alpha value is -0.820. The molecule has 2 saturated carbocycles. The molecule has 0 saturated heterocycles. The first-order chi connectivity index (χ1) is 13.7. The highest BCUT2D eigenvalue weighted by atomic mass is 16.3. The number of hydrogen-bond acceptors (Lipinski definition) is 1. The zero-order valence-corrected chi connectivity index (χ0v) is 19.7. The fourth-order valence-corrected chi connectivity index (χ4v) is 7.49. The van der Waals surface area contributed by atoms with Crippen molar-refractivity contribution in [2.45, 2.75) is 92.6 Å². The summed E-state index contributed by atoms with van der Waals surface area (Å²) < 4.78 is 0. The number of aliphatic hydroxyl groups excluding tert-OH is 1. The van der Waals surface area contributed by atoms with Gasteiger partial charge in [-0.25, -0.2) is 0 Å². The van der Waals surface area contributed by atoms with Crippen LogP contribution in [-0.4, -0.2) is 11.2 Å². The third-order valence-corrected chi connectivity index (χ3v) is 9.99. The van der Waals surface area contributed by atoms with Gasteiger partial charge in [0.2, 0.25) is 0 Å². The zero-order valence-electron chi connectivity index (χ0n) is 19.7. The Labute approximate surface area is 179 Å². The molecule has 1 N–H and O–H groups in total. The van der Waals surface area contributed by atoms with Crippen molar-refractivity contribution < 1.29 is 5.11 Å². The second kappa shape index (κ2) is 7.70. The standard InChI is InChI=1S/C28H44O/c1-18(2)19(3)7-8-20(4)24-11-12-25-23-10-9-21-17-22(29)13-15-27(21,5)26(23)14-16-28(24,25)6/h7-10,18-22,24-25,29H,11-17H2,1-6H3/b8-7+/t19-,20+,21-,22-,24+,25-,27-,28+/m0/s1. The van der Waals surface area contributed by atoms with E-state index < -0.39 is 0 Å². The van der Waals surface area contributed by atoms with Crippen molar-refractivity contribution >= 4 is 0 Å². The molecule has 4 rings (SSSR count). The van der Waals surface area contributed by atoms with Crippen molar-refractivity contribution in [1.29, 1.82) is 0 Å². The quantitative estimate of drug-likeness (QED) is 0.493. The SMILES string of the molecule is CC(C)[C@@H](C)/C=C/[C@@H](C)[C@H]1CC[C@H]2C3=C(CC[C@]12C)[C@@]1(C)CC[C@H](O)C[C@@H]1C=C3. The van der Waals surface area contributed by atoms with Gasteiger partial charge in [-0.05, 0) is 96.9 Å². The van der Waals surface area contributed by atoms with Gasteiger partial charge in [0.25, 0.3) is 0 Å². The minimum absolute atomic E-state index is 0.0922. The first kappa shape index (κ1) is 21.4. The summed E-state index contributed by atoms with van der Waals surface area (Å²) in [4.78, 5) is 0. The lowest BCUT2D eigenvalue weighted by Crippen LogP contribution is -2.44. The zero-order chi connectivity index (χ0) is 21.0. The molecule has 0 aromatic rings. The predicted molar refractivity (Wildman–Crippen MR) is 123 cm³/mol. The Bertz CT molecular complexity index is 712. The van der Waals surface area contributed by atoms with Gasteiger partial charge in [-0.3, -0.25) is 0 Å². The van der Waals surface area contributed by atoms with E-state index in [0.717, 1.165) is 30.6 Å². The minimum Gasteiger partial charge on any atom is -0.393 e. The van der Waals surface area contributed by atoms with Crippen molar-refractivity contribution in [2.75, 3.05) is 0 Å². The summed E-state index contributed by atoms with van der Waals surface area (Å²) in [7, 11) is 0. The largest absolute Gasteiger partial charge is 0.393 e. The molecule has 0 aliphatic heterocycles. The van der Waals surface area contributed by atoms with Crippen LogP contribution in [0, 0.1) is 46.3 Å². The fourth-order valence-electron chi connectivity index (χ4n) is 7.49. The van der Waals surface area contributed by atoms with Gasteiger partial charge in [0, 0.05) is 0 Å². The van der Waals surface area contributed by atoms with E-state index in [4.69, 9.17) is 0 Å². The van der Waals surface area contributed by atoms with Crippen molar-refractivity contribution in [3.8, 4) is 0 Å². The topological polar surface area (TPSA) is 20.2 Å². The van der Waals surface area contributed by atoms with Gasteiger partial charge in [0.1, 0.15) is 0 Å². The van der Waals surface area contributed by atoms with Crippen LogP contribution in [0.25, 0.3) is 0 Å². The van der Waals surface area contributed by atoms with Crippen LogP contribution in [0.15, 0.2) is 35.5 Å². The first-order valence-corrected chi connectivity index (χ1v) is 12.4. The van der Waals surface area contributed by atoms with Crippen LogP contribution in [0.2, 0.25) is 0 Å². The van der Waals surface area contributed by atoms with Crippen LogP contribution in [0.1, 0.15) is 86.5 Å². The predicted octanol–water partition coefficient (Wildman–Crippen LogP) is 7.33. The van der Waals surface area contributed by atoms with Crippen molar-refractivity contribution in [1.82, 2.24) is 0 Å². The molecule has 4 aliphatic rings. The molecular formula is C28H44O. The van der Waals surface area contributed by atoms with Gasteiger partial charge < -0.3 is 5.11 Å². The highest BCUT2D eigenvalue weighted by Gasteiger charge is 2.54. The molecule has 0 bridgehead atoms. The summed E-state index contributed by atoms with van der Waals surface area (Å²) in [5.74, 6) is 4.17. The maximum atomic E-state index is 10.2. The van der Waals surface area contributed by atoms with Crippen LogP contribution in [-0.2, 0) is 0 Å². The molecule has 0 unspecified atom stereocenters. The summed E-state index contributed by atoms with van der Waals surface area (Å²) in [5, 5.41) is 10.2. The van der Waals surface area contributed by atoms with Gasteiger partial charge in [0.05, 0.1) is 6.10 Å². The van der Waals surface area contributed by atoms with E-state index in [0.29, 0.717) is 28.6 Å². The molecule has 1 nitrogen and oxygen atoms in total. The van der Waals surface area contributed by atoms with Gasteiger partial charge >= 0.3 is 0 Å². The van der Waals surface area contributed by atoms with E-state index in [-0.39, 0.29) is 6.10 Å². The van der Waals surface area contributed by atoms with E-state index >= 15 is 0 Å². The van der Waals surface area contributed by atoms with Crippen LogP contribution < -0.4 is 0 Å². The lowest BCUT2D eigenvalue weighted by Gasteiger charge is -2.53. The average molecular weight is 397 g/mol. The molecule has 162 valence electrons. The third kappa shape index (κ3) is 3.50. The van der Waals surface area contributed by atoms with Gasteiger partial charge in [-0.15, -0.1) is 0 Å². The molecule has 8 atom stereocenters. The summed E-state index contributed by atoms with van der Waals surface area (Å²) >= 11 is 0. The summed E-state index contributed by atoms with van der Waals surface area (Å²) in [6, 6.07) is 0. The van der Waals surface area contributed by atoms with E-state index in [1.54, 1.807) is 11.1 Å². The Balaban J connectivity index is 1.57. The van der Waals surface area contributed by atoms with Gasteiger partial charge in [-0.1, -0.05) is 71.4 Å². The van der Waals surface area contributed by atoms with Gasteiger partial charge in [0.15, 0.2) is 0 Å². The minimum atomic E-state index is -0.0922. The van der Waals surface area contributed by atoms with Crippen LogP contribution in [0.5, 0.6) is 0 Å². The number of hydrogen-bond donors (Lipinski definition) is 1. The molecule has 0 amide bonds. The third-order valence-electron chi connectivity index (χ3n) is 9.99. The number of allylic oxidation sites excluding steroid dienone is 6. The second-order valence-electron chi connectivity index (χ2n) is 11.8. The molecular weight excluding hydrogens is 352 g/mol. The lowest BCUT2D eigenvalue weighted by atomic mass is 9.52. The Morgan fingerprint density at radius 1 is 1.03 bits per heavy atom. The second-order valence-corrected chi connectivity index (χ2v) is 11.8. The molecule has 0 aromatic carbocycles. The van der Waals surface area contributed by atoms with Crippen LogP contribution >= 0.6 is 0 Å². The molecule has 29 heavy (non-hydrogen) atoms. The summed E-state index contributed by atoms with van der Waals surface area (Å²) in [5.41, 5.74) is 4.24. The highest BCUT2D eigenvalue weighted by molar-refractivity contribution is 5.42. The highest BCUT2D eigenvalue weighted by Crippen LogP contribution is 2.64. The first-order valence-electron chi connectivity index (χ1n) is 12.4. The smallest absolute Gasteiger partial charge is 0.0546 e. The molecule has 0 spiro atoms. The van der Waals surface area contributed by atoms with Crippen molar-refractivity contribution in [3.63, 3.8) is 0 Å². The molecule has 0 heterocycles. The monoisotopic (exact) mass is 396 g/mol. The van der Waals surface area contributed by atoms with E-state index in [2.05, 4.69) is 65.8 Å². The lowest BCUT2D eigenvalue weighted by molar-refractivity contribution is 0.0443. The summed E-state index contributed by atoms with van der Waals surface area (Å²) in [6.45, 7) is 14.6. The van der Waals surface area contributed by atoms with E-state index in [1.165, 1.54) is 32.1 Å². The fraction of sp³-hybridized carbons (Fsp3) is 0.786. The van der Waals surface area contributed by atoms with E-state index in [1.807, 2.05) is 0 Å². The molecule has 1 heteroatoms. The Morgan fingerprint density at radius 2 is 1.79 bits per heavy atom. The van der Waals surface area contributed by atoms with Crippen LogP contribution in [0.3, 0.4) is 0 Å². The number of aliphatic hydroxyl groups is 1. The molecule has 4 aliphatic carbocycles. The summed E-state index contributed by atoms with van der Waals surface area (Å²) in [6.07, 6.45) is 18.4. The molecule has 0 radical (unpaired) electrons. The maximum absolute atomic E-state index is 10.2.